The van der Waals surface area contributed by atoms with Crippen LogP contribution in [0.15, 0.2) is 0 Å². The third-order valence-corrected chi connectivity index (χ3v) is 2.94. The number of ether oxygens (including phenoxy) is 2. The van der Waals surface area contributed by atoms with Crippen LogP contribution in [0.5, 0.6) is 0 Å². The highest BCUT2D eigenvalue weighted by atomic mass is 16.6. The van der Waals surface area contributed by atoms with Gasteiger partial charge in [-0.2, -0.15) is 0 Å². The third-order valence-electron chi connectivity index (χ3n) is 2.94. The number of fused-ring (bicyclic) bond motifs is 2. The molecule has 4 nitrogen and oxygen atoms in total. The maximum Gasteiger partial charge on any atom is 0.410 e. The molecule has 2 fully saturated rings. The van der Waals surface area contributed by atoms with Gasteiger partial charge in [-0.05, 0) is 40.0 Å². The fraction of sp³-hybridized carbons (Fsp3) is 0.917. The third kappa shape index (κ3) is 2.88. The Morgan fingerprint density at radius 3 is 2.31 bits per heavy atom. The summed E-state index contributed by atoms with van der Waals surface area (Å²) >= 11 is 0. The second kappa shape index (κ2) is 4.24. The summed E-state index contributed by atoms with van der Waals surface area (Å²) in [5, 5.41) is 0. The molecule has 16 heavy (non-hydrogen) atoms. The zero-order valence-corrected chi connectivity index (χ0v) is 10.4. The van der Waals surface area contributed by atoms with Crippen molar-refractivity contribution in [2.75, 3.05) is 13.1 Å². The normalized spacial score (nSPS) is 30.1. The first-order valence-corrected chi connectivity index (χ1v) is 6.07. The number of hydrogen-bond acceptors (Lipinski definition) is 3. The molecule has 2 heterocycles. The van der Waals surface area contributed by atoms with E-state index in [9.17, 15) is 4.79 Å². The van der Waals surface area contributed by atoms with Gasteiger partial charge in [0.15, 0.2) is 0 Å². The van der Waals surface area contributed by atoms with E-state index in [0.717, 1.165) is 12.8 Å². The fourth-order valence-corrected chi connectivity index (χ4v) is 2.29. The van der Waals surface area contributed by atoms with Gasteiger partial charge in [0.2, 0.25) is 0 Å². The molecule has 2 saturated heterocycles. The molecule has 0 saturated carbocycles. The number of likely N-dealkylation sites (tertiary alicyclic amines) is 1. The van der Waals surface area contributed by atoms with Gasteiger partial charge in [0.1, 0.15) is 5.60 Å². The minimum atomic E-state index is -0.412. The van der Waals surface area contributed by atoms with Crippen molar-refractivity contribution in [1.29, 1.82) is 0 Å². The van der Waals surface area contributed by atoms with Crippen molar-refractivity contribution in [3.8, 4) is 0 Å². The SMILES string of the molecule is CC(C)(C)OC(=O)N1CC2CCCC(C1)O2. The van der Waals surface area contributed by atoms with Gasteiger partial charge in [0, 0.05) is 0 Å². The van der Waals surface area contributed by atoms with Crippen LogP contribution < -0.4 is 0 Å². The van der Waals surface area contributed by atoms with Crippen LogP contribution in [0.1, 0.15) is 40.0 Å². The lowest BCUT2D eigenvalue weighted by Gasteiger charge is -2.41. The molecular weight excluding hydrogens is 206 g/mol. The Balaban J connectivity index is 1.92. The molecule has 2 unspecified atom stereocenters. The summed E-state index contributed by atoms with van der Waals surface area (Å²) in [6.07, 6.45) is 3.59. The van der Waals surface area contributed by atoms with Crippen LogP contribution in [0.4, 0.5) is 4.79 Å². The van der Waals surface area contributed by atoms with Crippen LogP contribution in [0, 0.1) is 0 Å². The molecular formula is C12H21NO3. The molecule has 92 valence electrons. The maximum absolute atomic E-state index is 11.9. The minimum absolute atomic E-state index is 0.201. The number of nitrogens with zero attached hydrogens (tertiary/aromatic N) is 1. The smallest absolute Gasteiger partial charge is 0.410 e. The molecule has 0 aliphatic carbocycles. The summed E-state index contributed by atoms with van der Waals surface area (Å²) in [5.74, 6) is 0. The lowest BCUT2D eigenvalue weighted by molar-refractivity contribution is -0.112. The molecule has 1 amide bonds. The molecule has 0 aromatic rings. The summed E-state index contributed by atoms with van der Waals surface area (Å²) < 4.78 is 11.2. The van der Waals surface area contributed by atoms with E-state index in [0.29, 0.717) is 13.1 Å². The fourth-order valence-electron chi connectivity index (χ4n) is 2.29. The standard InChI is InChI=1S/C12H21NO3/c1-12(2,3)16-11(14)13-7-9-5-4-6-10(8-13)15-9/h9-10H,4-8H2,1-3H3. The highest BCUT2D eigenvalue weighted by Gasteiger charge is 2.35. The number of morpholine rings is 1. The summed E-state index contributed by atoms with van der Waals surface area (Å²) in [4.78, 5) is 13.7. The van der Waals surface area contributed by atoms with E-state index in [1.165, 1.54) is 6.42 Å². The van der Waals surface area contributed by atoms with Gasteiger partial charge in [-0.3, -0.25) is 0 Å². The van der Waals surface area contributed by atoms with Crippen LogP contribution in [0.2, 0.25) is 0 Å². The van der Waals surface area contributed by atoms with Crippen molar-refractivity contribution in [3.05, 3.63) is 0 Å². The zero-order valence-electron chi connectivity index (χ0n) is 10.4. The first-order chi connectivity index (χ1) is 7.44. The Labute approximate surface area is 96.9 Å². The summed E-state index contributed by atoms with van der Waals surface area (Å²) in [7, 11) is 0. The highest BCUT2D eigenvalue weighted by Crippen LogP contribution is 2.26. The van der Waals surface area contributed by atoms with E-state index in [2.05, 4.69) is 0 Å². The van der Waals surface area contributed by atoms with E-state index < -0.39 is 5.60 Å². The Morgan fingerprint density at radius 1 is 1.25 bits per heavy atom. The number of hydrogen-bond donors (Lipinski definition) is 0. The van der Waals surface area contributed by atoms with Crippen LogP contribution in [0.25, 0.3) is 0 Å². The minimum Gasteiger partial charge on any atom is -0.444 e. The van der Waals surface area contributed by atoms with Crippen molar-refractivity contribution in [1.82, 2.24) is 4.90 Å². The Hall–Kier alpha value is -0.770. The predicted molar refractivity (Wildman–Crippen MR) is 60.3 cm³/mol. The van der Waals surface area contributed by atoms with Gasteiger partial charge in [-0.15, -0.1) is 0 Å². The number of carbonyl (C=O) groups excluding carboxylic acids is 1. The van der Waals surface area contributed by atoms with Crippen molar-refractivity contribution in [3.63, 3.8) is 0 Å². The van der Waals surface area contributed by atoms with Crippen molar-refractivity contribution >= 4 is 6.09 Å². The van der Waals surface area contributed by atoms with E-state index in [1.54, 1.807) is 4.90 Å². The van der Waals surface area contributed by atoms with Crippen molar-refractivity contribution in [2.24, 2.45) is 0 Å². The summed E-state index contributed by atoms with van der Waals surface area (Å²) in [5.41, 5.74) is -0.412. The van der Waals surface area contributed by atoms with Crippen LogP contribution in [-0.2, 0) is 9.47 Å². The summed E-state index contributed by atoms with van der Waals surface area (Å²) in [6.45, 7) is 7.06. The first-order valence-electron chi connectivity index (χ1n) is 6.07. The second-order valence-corrected chi connectivity index (χ2v) is 5.70. The molecule has 2 aliphatic rings. The van der Waals surface area contributed by atoms with E-state index >= 15 is 0 Å². The highest BCUT2D eigenvalue weighted by molar-refractivity contribution is 5.68. The molecule has 4 heteroatoms. The number of carbonyl (C=O) groups is 1. The van der Waals surface area contributed by atoms with Crippen LogP contribution in [0.3, 0.4) is 0 Å². The van der Waals surface area contributed by atoms with Gasteiger partial charge in [-0.1, -0.05) is 0 Å². The molecule has 0 spiro atoms. The summed E-state index contributed by atoms with van der Waals surface area (Å²) in [6, 6.07) is 0. The number of amides is 1. The predicted octanol–water partition coefficient (Wildman–Crippen LogP) is 2.17. The number of rotatable bonds is 0. The molecule has 2 rings (SSSR count). The average Bonchev–Trinajstić information content (AvgIpc) is 2.14. The van der Waals surface area contributed by atoms with E-state index in [-0.39, 0.29) is 18.3 Å². The maximum atomic E-state index is 11.9. The topological polar surface area (TPSA) is 38.8 Å². The Morgan fingerprint density at radius 2 is 1.81 bits per heavy atom. The van der Waals surface area contributed by atoms with Gasteiger partial charge in [0.05, 0.1) is 25.3 Å². The molecule has 0 aromatic heterocycles. The Bertz CT molecular complexity index is 260. The molecule has 2 bridgehead atoms. The van der Waals surface area contributed by atoms with Gasteiger partial charge >= 0.3 is 6.09 Å². The van der Waals surface area contributed by atoms with Crippen molar-refractivity contribution < 1.29 is 14.3 Å². The zero-order chi connectivity index (χ0) is 11.8. The lowest BCUT2D eigenvalue weighted by Crippen LogP contribution is -2.53. The molecule has 0 radical (unpaired) electrons. The molecule has 0 N–H and O–H groups in total. The first kappa shape index (κ1) is 11.7. The van der Waals surface area contributed by atoms with E-state index in [1.807, 2.05) is 20.8 Å². The quantitative estimate of drug-likeness (QED) is 0.636. The van der Waals surface area contributed by atoms with E-state index in [4.69, 9.17) is 9.47 Å². The largest absolute Gasteiger partial charge is 0.444 e. The van der Waals surface area contributed by atoms with Gasteiger partial charge < -0.3 is 14.4 Å². The lowest BCUT2D eigenvalue weighted by atomic mass is 10.00. The second-order valence-electron chi connectivity index (χ2n) is 5.70. The Kier molecular flexibility index (Phi) is 3.10. The van der Waals surface area contributed by atoms with Crippen LogP contribution >= 0.6 is 0 Å². The van der Waals surface area contributed by atoms with Crippen LogP contribution in [-0.4, -0.2) is 41.9 Å². The average molecular weight is 227 g/mol. The van der Waals surface area contributed by atoms with Crippen molar-refractivity contribution in [2.45, 2.75) is 57.8 Å². The monoisotopic (exact) mass is 227 g/mol. The van der Waals surface area contributed by atoms with Gasteiger partial charge in [0.25, 0.3) is 0 Å². The molecule has 2 aliphatic heterocycles. The molecule has 2 atom stereocenters. The molecule has 0 aromatic carbocycles. The van der Waals surface area contributed by atoms with Gasteiger partial charge in [-0.25, -0.2) is 4.79 Å².